The van der Waals surface area contributed by atoms with Crippen molar-refractivity contribution in [1.82, 2.24) is 9.97 Å². The van der Waals surface area contributed by atoms with Gasteiger partial charge in [0.05, 0.1) is 11.8 Å². The second-order valence-corrected chi connectivity index (χ2v) is 5.42. The van der Waals surface area contributed by atoms with Gasteiger partial charge in [-0.15, -0.1) is 11.3 Å². The molecule has 1 N–H and O–H groups in total. The van der Waals surface area contributed by atoms with Crippen LogP contribution in [0.4, 0.5) is 0 Å². The molecule has 0 saturated heterocycles. The van der Waals surface area contributed by atoms with Crippen LogP contribution in [0.3, 0.4) is 0 Å². The van der Waals surface area contributed by atoms with E-state index < -0.39 is 0 Å². The highest BCUT2D eigenvalue weighted by Crippen LogP contribution is 2.50. The summed E-state index contributed by atoms with van der Waals surface area (Å²) < 4.78 is 0. The molecule has 0 bridgehead atoms. The van der Waals surface area contributed by atoms with E-state index in [1.54, 1.807) is 11.3 Å². The number of hydrogen-bond acceptors (Lipinski definition) is 3. The van der Waals surface area contributed by atoms with Crippen LogP contribution >= 0.6 is 11.3 Å². The average molecular weight is 229 g/mol. The van der Waals surface area contributed by atoms with E-state index in [0.717, 1.165) is 29.1 Å². The van der Waals surface area contributed by atoms with Gasteiger partial charge in [0.2, 0.25) is 0 Å². The number of rotatable bonds is 2. The highest BCUT2D eigenvalue weighted by Gasteiger charge is 2.48. The lowest BCUT2D eigenvalue weighted by atomic mass is 10.1. The second kappa shape index (κ2) is 3.19. The van der Waals surface area contributed by atoms with Crippen molar-refractivity contribution in [2.24, 2.45) is 0 Å². The molecule has 16 heavy (non-hydrogen) atoms. The van der Waals surface area contributed by atoms with Gasteiger partial charge >= 0.3 is 0 Å². The molecule has 1 aliphatic rings. The lowest BCUT2D eigenvalue weighted by Crippen LogP contribution is -2.00. The highest BCUT2D eigenvalue weighted by atomic mass is 32.1. The van der Waals surface area contributed by atoms with E-state index in [0.29, 0.717) is 0 Å². The molecule has 0 aliphatic heterocycles. The van der Waals surface area contributed by atoms with E-state index in [1.165, 1.54) is 4.88 Å². The number of H-pyrrole nitrogens is 1. The summed E-state index contributed by atoms with van der Waals surface area (Å²) in [5.41, 5.74) is 1.86. The number of nitriles is 1. The van der Waals surface area contributed by atoms with Crippen molar-refractivity contribution in [3.05, 3.63) is 28.3 Å². The van der Waals surface area contributed by atoms with Crippen LogP contribution in [-0.4, -0.2) is 9.97 Å². The maximum Gasteiger partial charge on any atom is 0.114 e. The Balaban J connectivity index is 2.07. The van der Waals surface area contributed by atoms with E-state index in [-0.39, 0.29) is 5.41 Å². The van der Waals surface area contributed by atoms with Gasteiger partial charge in [-0.2, -0.15) is 5.26 Å². The van der Waals surface area contributed by atoms with Crippen LogP contribution < -0.4 is 0 Å². The van der Waals surface area contributed by atoms with E-state index in [1.807, 2.05) is 18.5 Å². The molecule has 2 heterocycles. The third-order valence-corrected chi connectivity index (χ3v) is 4.22. The molecule has 0 aromatic carbocycles. The molecule has 1 saturated carbocycles. The quantitative estimate of drug-likeness (QED) is 0.860. The summed E-state index contributed by atoms with van der Waals surface area (Å²) in [5.74, 6) is 0. The zero-order valence-electron chi connectivity index (χ0n) is 8.95. The second-order valence-electron chi connectivity index (χ2n) is 4.22. The molecule has 0 unspecified atom stereocenters. The summed E-state index contributed by atoms with van der Waals surface area (Å²) in [5, 5.41) is 10.1. The summed E-state index contributed by atoms with van der Waals surface area (Å²) in [6.07, 6.45) is 5.76. The van der Waals surface area contributed by atoms with Crippen molar-refractivity contribution < 1.29 is 0 Å². The van der Waals surface area contributed by atoms with Crippen LogP contribution in [0.15, 0.2) is 18.5 Å². The summed E-state index contributed by atoms with van der Waals surface area (Å²) in [7, 11) is 0. The fourth-order valence-electron chi connectivity index (χ4n) is 1.84. The lowest BCUT2D eigenvalue weighted by Gasteiger charge is -1.97. The number of nitrogens with one attached hydrogen (secondary N) is 1. The average Bonchev–Trinajstić information content (AvgIpc) is 2.73. The number of aryl methyl sites for hydroxylation is 1. The van der Waals surface area contributed by atoms with Crippen LogP contribution in [0.25, 0.3) is 11.3 Å². The van der Waals surface area contributed by atoms with Gasteiger partial charge in [-0.3, -0.25) is 0 Å². The molecular formula is C12H11N3S. The molecule has 4 heteroatoms. The van der Waals surface area contributed by atoms with Crippen molar-refractivity contribution in [3.63, 3.8) is 0 Å². The molecule has 0 amide bonds. The molecule has 80 valence electrons. The fraction of sp³-hybridized carbons (Fsp3) is 0.333. The Morgan fingerprint density at radius 1 is 1.56 bits per heavy atom. The van der Waals surface area contributed by atoms with Gasteiger partial charge in [-0.05, 0) is 25.8 Å². The number of thiazole rings is 1. The monoisotopic (exact) mass is 229 g/mol. The molecule has 1 aliphatic carbocycles. The first-order valence-corrected chi connectivity index (χ1v) is 6.09. The van der Waals surface area contributed by atoms with Crippen LogP contribution in [0.1, 0.15) is 22.7 Å². The van der Waals surface area contributed by atoms with Crippen LogP contribution in [0.2, 0.25) is 0 Å². The Hall–Kier alpha value is -1.60. The van der Waals surface area contributed by atoms with Crippen molar-refractivity contribution in [1.29, 1.82) is 5.26 Å². The Labute approximate surface area is 97.8 Å². The van der Waals surface area contributed by atoms with Crippen molar-refractivity contribution in [3.8, 4) is 17.3 Å². The largest absolute Gasteiger partial charge is 0.367 e. The molecule has 0 radical (unpaired) electrons. The maximum absolute atomic E-state index is 9.15. The summed E-state index contributed by atoms with van der Waals surface area (Å²) in [6, 6.07) is 4.41. The predicted octanol–water partition coefficient (Wildman–Crippen LogP) is 3.00. The first kappa shape index (κ1) is 9.61. The predicted molar refractivity (Wildman–Crippen MR) is 63.2 cm³/mol. The Bertz CT molecular complexity index is 556. The summed E-state index contributed by atoms with van der Waals surface area (Å²) in [4.78, 5) is 8.86. The van der Waals surface area contributed by atoms with Gasteiger partial charge in [0.15, 0.2) is 0 Å². The van der Waals surface area contributed by atoms with Crippen LogP contribution in [-0.2, 0) is 5.41 Å². The van der Waals surface area contributed by atoms with E-state index in [9.17, 15) is 0 Å². The number of aromatic amines is 1. The normalized spacial score (nSPS) is 17.0. The molecule has 2 aromatic heterocycles. The summed E-state index contributed by atoms with van der Waals surface area (Å²) in [6.45, 7) is 2.07. The first-order valence-electron chi connectivity index (χ1n) is 5.27. The minimum Gasteiger partial charge on any atom is -0.367 e. The first-order chi connectivity index (χ1) is 7.75. The lowest BCUT2D eigenvalue weighted by molar-refractivity contribution is 0.891. The number of hydrogen-bond donors (Lipinski definition) is 1. The zero-order chi connectivity index (χ0) is 11.2. The van der Waals surface area contributed by atoms with Gasteiger partial charge in [-0.25, -0.2) is 4.98 Å². The van der Waals surface area contributed by atoms with E-state index in [4.69, 9.17) is 5.26 Å². The zero-order valence-corrected chi connectivity index (χ0v) is 9.77. The third kappa shape index (κ3) is 1.29. The van der Waals surface area contributed by atoms with E-state index >= 15 is 0 Å². The van der Waals surface area contributed by atoms with Gasteiger partial charge in [0, 0.05) is 22.8 Å². The fourth-order valence-corrected chi connectivity index (χ4v) is 2.97. The van der Waals surface area contributed by atoms with Crippen molar-refractivity contribution in [2.45, 2.75) is 25.2 Å². The van der Waals surface area contributed by atoms with E-state index in [2.05, 4.69) is 23.0 Å². The molecular weight excluding hydrogens is 218 g/mol. The minimum absolute atomic E-state index is 0.260. The Kier molecular flexibility index (Phi) is 1.92. The SMILES string of the molecule is Cc1sc(C2(C#N)CC2)nc1-c1cc[nH]c1. The van der Waals surface area contributed by atoms with Gasteiger partial charge in [0.25, 0.3) is 0 Å². The summed E-state index contributed by atoms with van der Waals surface area (Å²) >= 11 is 1.66. The minimum atomic E-state index is -0.260. The molecule has 0 spiro atoms. The maximum atomic E-state index is 9.15. The molecule has 0 atom stereocenters. The Morgan fingerprint density at radius 3 is 2.94 bits per heavy atom. The van der Waals surface area contributed by atoms with Crippen molar-refractivity contribution >= 4 is 11.3 Å². The van der Waals surface area contributed by atoms with Gasteiger partial charge < -0.3 is 4.98 Å². The number of aromatic nitrogens is 2. The molecule has 3 rings (SSSR count). The highest BCUT2D eigenvalue weighted by molar-refractivity contribution is 7.12. The van der Waals surface area contributed by atoms with Crippen LogP contribution in [0.5, 0.6) is 0 Å². The smallest absolute Gasteiger partial charge is 0.114 e. The standard InChI is InChI=1S/C12H11N3S/c1-8-10(9-2-5-14-6-9)15-11(16-8)12(7-13)3-4-12/h2,5-6,14H,3-4H2,1H3. The third-order valence-electron chi connectivity index (χ3n) is 3.04. The van der Waals surface area contributed by atoms with Crippen molar-refractivity contribution in [2.75, 3.05) is 0 Å². The Morgan fingerprint density at radius 2 is 2.38 bits per heavy atom. The molecule has 3 nitrogen and oxygen atoms in total. The molecule has 2 aromatic rings. The van der Waals surface area contributed by atoms with Crippen LogP contribution in [0, 0.1) is 18.3 Å². The topological polar surface area (TPSA) is 52.5 Å². The molecule has 1 fully saturated rings. The van der Waals surface area contributed by atoms with Gasteiger partial charge in [0.1, 0.15) is 10.4 Å². The van der Waals surface area contributed by atoms with Gasteiger partial charge in [-0.1, -0.05) is 0 Å². The number of nitrogens with zero attached hydrogens (tertiary/aromatic N) is 2.